The van der Waals surface area contributed by atoms with Gasteiger partial charge in [-0.15, -0.1) is 24.0 Å². The van der Waals surface area contributed by atoms with Gasteiger partial charge in [-0.2, -0.15) is 0 Å². The molecule has 0 aromatic heterocycles. The summed E-state index contributed by atoms with van der Waals surface area (Å²) in [6, 6.07) is 0.615. The lowest BCUT2D eigenvalue weighted by Gasteiger charge is -2.34. The van der Waals surface area contributed by atoms with E-state index in [1.807, 2.05) is 32.7 Å². The SMILES string of the molecule is CCN1CCCC1CNC(=NC)NCCC1CCCN(C(=O)OC(C)(C)C)C1.I. The van der Waals surface area contributed by atoms with Crippen molar-refractivity contribution in [2.45, 2.75) is 71.4 Å². The molecule has 2 aliphatic heterocycles. The molecule has 0 aromatic rings. The summed E-state index contributed by atoms with van der Waals surface area (Å²) >= 11 is 0. The maximum absolute atomic E-state index is 12.3. The van der Waals surface area contributed by atoms with Crippen molar-refractivity contribution in [2.75, 3.05) is 46.3 Å². The molecule has 2 atom stereocenters. The highest BCUT2D eigenvalue weighted by atomic mass is 127. The third-order valence-corrected chi connectivity index (χ3v) is 5.65. The van der Waals surface area contributed by atoms with Crippen molar-refractivity contribution >= 4 is 36.0 Å². The van der Waals surface area contributed by atoms with Gasteiger partial charge in [-0.1, -0.05) is 6.92 Å². The Balaban J connectivity index is 0.00000420. The van der Waals surface area contributed by atoms with Crippen LogP contribution < -0.4 is 10.6 Å². The number of hydrogen-bond acceptors (Lipinski definition) is 4. The zero-order valence-electron chi connectivity index (χ0n) is 19.0. The summed E-state index contributed by atoms with van der Waals surface area (Å²) in [6.45, 7) is 13.7. The molecule has 0 spiro atoms. The van der Waals surface area contributed by atoms with Crippen molar-refractivity contribution in [1.82, 2.24) is 20.4 Å². The van der Waals surface area contributed by atoms with Crippen LogP contribution in [0.15, 0.2) is 4.99 Å². The summed E-state index contributed by atoms with van der Waals surface area (Å²) in [5, 5.41) is 6.92. The van der Waals surface area contributed by atoms with Gasteiger partial charge in [0.1, 0.15) is 5.60 Å². The van der Waals surface area contributed by atoms with E-state index in [9.17, 15) is 4.79 Å². The lowest BCUT2D eigenvalue weighted by atomic mass is 9.95. The van der Waals surface area contributed by atoms with Crippen molar-refractivity contribution < 1.29 is 9.53 Å². The second-order valence-corrected chi connectivity index (χ2v) is 9.03. The second kappa shape index (κ2) is 12.8. The average Bonchev–Trinajstić information content (AvgIpc) is 3.11. The highest BCUT2D eigenvalue weighted by Crippen LogP contribution is 2.21. The van der Waals surface area contributed by atoms with Crippen LogP contribution in [0.2, 0.25) is 0 Å². The van der Waals surface area contributed by atoms with Crippen molar-refractivity contribution in [3.05, 3.63) is 0 Å². The van der Waals surface area contributed by atoms with Gasteiger partial charge in [-0.05, 0) is 71.9 Å². The molecule has 2 unspecified atom stereocenters. The van der Waals surface area contributed by atoms with Crippen molar-refractivity contribution in [2.24, 2.45) is 10.9 Å². The molecule has 1 amide bonds. The molecule has 0 aromatic carbocycles. The molecule has 0 aliphatic carbocycles. The van der Waals surface area contributed by atoms with Crippen LogP contribution in [0.25, 0.3) is 0 Å². The molecule has 2 fully saturated rings. The summed E-state index contributed by atoms with van der Waals surface area (Å²) in [4.78, 5) is 21.1. The summed E-state index contributed by atoms with van der Waals surface area (Å²) < 4.78 is 5.52. The van der Waals surface area contributed by atoms with Crippen molar-refractivity contribution in [3.63, 3.8) is 0 Å². The largest absolute Gasteiger partial charge is 0.444 e. The average molecular weight is 524 g/mol. The predicted molar refractivity (Wildman–Crippen MR) is 130 cm³/mol. The molecule has 7 nitrogen and oxygen atoms in total. The minimum absolute atomic E-state index is 0. The van der Waals surface area contributed by atoms with Gasteiger partial charge in [0.25, 0.3) is 0 Å². The minimum Gasteiger partial charge on any atom is -0.444 e. The van der Waals surface area contributed by atoms with E-state index in [1.54, 1.807) is 0 Å². The highest BCUT2D eigenvalue weighted by Gasteiger charge is 2.27. The Labute approximate surface area is 194 Å². The van der Waals surface area contributed by atoms with Gasteiger partial charge in [0.15, 0.2) is 5.96 Å². The molecule has 2 N–H and O–H groups in total. The van der Waals surface area contributed by atoms with Crippen LogP contribution in [0, 0.1) is 5.92 Å². The Morgan fingerprint density at radius 3 is 2.55 bits per heavy atom. The van der Waals surface area contributed by atoms with Gasteiger partial charge >= 0.3 is 6.09 Å². The number of hydrogen-bond donors (Lipinski definition) is 2. The number of nitrogens with zero attached hydrogens (tertiary/aromatic N) is 3. The molecule has 2 aliphatic rings. The van der Waals surface area contributed by atoms with Crippen LogP contribution >= 0.6 is 24.0 Å². The molecule has 170 valence electrons. The molecule has 0 radical (unpaired) electrons. The number of likely N-dealkylation sites (tertiary alicyclic amines) is 2. The smallest absolute Gasteiger partial charge is 0.410 e. The summed E-state index contributed by atoms with van der Waals surface area (Å²) in [6.07, 6.45) is 5.62. The number of rotatable bonds is 6. The van der Waals surface area contributed by atoms with Gasteiger partial charge < -0.3 is 20.3 Å². The Morgan fingerprint density at radius 2 is 1.90 bits per heavy atom. The number of likely N-dealkylation sites (N-methyl/N-ethyl adjacent to an activating group) is 1. The van der Waals surface area contributed by atoms with Gasteiger partial charge in [-0.3, -0.25) is 9.89 Å². The van der Waals surface area contributed by atoms with E-state index in [2.05, 4.69) is 27.4 Å². The fraction of sp³-hybridized carbons (Fsp3) is 0.905. The fourth-order valence-corrected chi connectivity index (χ4v) is 4.17. The van der Waals surface area contributed by atoms with Gasteiger partial charge in [-0.25, -0.2) is 4.79 Å². The lowest BCUT2D eigenvalue weighted by Crippen LogP contribution is -2.46. The van der Waals surface area contributed by atoms with E-state index < -0.39 is 5.60 Å². The van der Waals surface area contributed by atoms with Crippen LogP contribution in [0.5, 0.6) is 0 Å². The van der Waals surface area contributed by atoms with E-state index in [-0.39, 0.29) is 30.1 Å². The van der Waals surface area contributed by atoms with E-state index >= 15 is 0 Å². The number of guanidine groups is 1. The fourth-order valence-electron chi connectivity index (χ4n) is 4.17. The van der Waals surface area contributed by atoms with Crippen LogP contribution in [0.3, 0.4) is 0 Å². The second-order valence-electron chi connectivity index (χ2n) is 9.03. The summed E-state index contributed by atoms with van der Waals surface area (Å²) in [7, 11) is 1.83. The van der Waals surface area contributed by atoms with Crippen LogP contribution in [-0.4, -0.2) is 79.8 Å². The first-order valence-electron chi connectivity index (χ1n) is 11.0. The number of halogens is 1. The monoisotopic (exact) mass is 523 g/mol. The number of piperidine rings is 1. The van der Waals surface area contributed by atoms with E-state index in [4.69, 9.17) is 4.74 Å². The maximum atomic E-state index is 12.3. The number of aliphatic imine (C=N–C) groups is 1. The number of carbonyl (C=O) groups is 1. The standard InChI is InChI=1S/C21H41N5O2.HI/c1-6-25-13-8-10-18(25)15-24-19(22-5)23-12-11-17-9-7-14-26(16-17)20(27)28-21(2,3)4;/h17-18H,6-16H2,1-5H3,(H2,22,23,24);1H. The van der Waals surface area contributed by atoms with E-state index in [0.717, 1.165) is 51.5 Å². The molecular weight excluding hydrogens is 481 g/mol. The number of ether oxygens (including phenoxy) is 1. The highest BCUT2D eigenvalue weighted by molar-refractivity contribution is 14.0. The van der Waals surface area contributed by atoms with Crippen LogP contribution in [-0.2, 0) is 4.74 Å². The number of carbonyl (C=O) groups excluding carboxylic acids is 1. The first-order chi connectivity index (χ1) is 13.3. The lowest BCUT2D eigenvalue weighted by molar-refractivity contribution is 0.0162. The minimum atomic E-state index is -0.434. The first kappa shape index (κ1) is 26.3. The summed E-state index contributed by atoms with van der Waals surface area (Å²) in [5.41, 5.74) is -0.434. The zero-order chi connectivity index (χ0) is 20.6. The maximum Gasteiger partial charge on any atom is 0.410 e. The Kier molecular flexibility index (Phi) is 11.6. The molecule has 8 heteroatoms. The molecule has 29 heavy (non-hydrogen) atoms. The number of amides is 1. The Morgan fingerprint density at radius 1 is 1.17 bits per heavy atom. The number of nitrogens with one attached hydrogen (secondary N) is 2. The topological polar surface area (TPSA) is 69.2 Å². The van der Waals surface area contributed by atoms with Crippen molar-refractivity contribution in [1.29, 1.82) is 0 Å². The molecule has 0 bridgehead atoms. The van der Waals surface area contributed by atoms with Gasteiger partial charge in [0.05, 0.1) is 0 Å². The third kappa shape index (κ3) is 9.27. The molecule has 0 saturated carbocycles. The van der Waals surface area contributed by atoms with Gasteiger partial charge in [0, 0.05) is 39.3 Å². The van der Waals surface area contributed by atoms with Gasteiger partial charge in [0.2, 0.25) is 0 Å². The quantitative estimate of drug-likeness (QED) is 0.318. The Hall–Kier alpha value is -0.770. The Bertz CT molecular complexity index is 524. The van der Waals surface area contributed by atoms with Crippen LogP contribution in [0.4, 0.5) is 4.79 Å². The first-order valence-corrected chi connectivity index (χ1v) is 11.0. The van der Waals surface area contributed by atoms with E-state index in [0.29, 0.717) is 12.0 Å². The molecule has 2 saturated heterocycles. The normalized spacial score (nSPS) is 23.5. The third-order valence-electron chi connectivity index (χ3n) is 5.65. The predicted octanol–water partition coefficient (Wildman–Crippen LogP) is 3.29. The van der Waals surface area contributed by atoms with Crippen LogP contribution in [0.1, 0.15) is 59.8 Å². The van der Waals surface area contributed by atoms with E-state index in [1.165, 1.54) is 25.8 Å². The zero-order valence-corrected chi connectivity index (χ0v) is 21.3. The molecule has 2 heterocycles. The van der Waals surface area contributed by atoms with Crippen molar-refractivity contribution in [3.8, 4) is 0 Å². The molecule has 2 rings (SSSR count). The summed E-state index contributed by atoms with van der Waals surface area (Å²) in [5.74, 6) is 1.39. The molecular formula is C21H42IN5O2.